The second-order valence-electron chi connectivity index (χ2n) is 18.9. The zero-order chi connectivity index (χ0) is 44.0. The summed E-state index contributed by atoms with van der Waals surface area (Å²) >= 11 is 0. The molecule has 3 saturated carbocycles. The first kappa shape index (κ1) is 45.6. The fourth-order valence-electron chi connectivity index (χ4n) is 12.1. The lowest BCUT2D eigenvalue weighted by Gasteiger charge is -2.66. The van der Waals surface area contributed by atoms with Gasteiger partial charge >= 0.3 is 5.63 Å². The molecule has 3 saturated heterocycles. The van der Waals surface area contributed by atoms with Gasteiger partial charge < -0.3 is 89.0 Å². The summed E-state index contributed by atoms with van der Waals surface area (Å²) in [4.78, 5) is 11.7. The highest BCUT2D eigenvalue weighted by molar-refractivity contribution is 5.35. The zero-order valence-corrected chi connectivity index (χ0v) is 34.5. The van der Waals surface area contributed by atoms with E-state index < -0.39 is 145 Å². The van der Waals surface area contributed by atoms with Crippen molar-refractivity contribution in [2.45, 2.75) is 187 Å². The monoisotopic (exact) mass is 870 g/mol. The maximum absolute atomic E-state index is 12.7. The molecular weight excluding hydrogens is 808 g/mol. The van der Waals surface area contributed by atoms with Gasteiger partial charge in [-0.2, -0.15) is 0 Å². The van der Waals surface area contributed by atoms with Crippen molar-refractivity contribution in [2.75, 3.05) is 13.2 Å². The minimum Gasteiger partial charge on any atom is -0.431 e. The highest BCUT2D eigenvalue weighted by atomic mass is 16.8. The summed E-state index contributed by atoms with van der Waals surface area (Å²) in [5.74, 6) is -0.425. The molecule has 7 aliphatic rings. The molecule has 19 nitrogen and oxygen atoms in total. The van der Waals surface area contributed by atoms with Crippen LogP contribution in [0.5, 0.6) is 0 Å². The molecule has 0 bridgehead atoms. The van der Waals surface area contributed by atoms with Gasteiger partial charge in [0.05, 0.1) is 42.9 Å². The summed E-state index contributed by atoms with van der Waals surface area (Å²) in [6, 6.07) is 3.18. The van der Waals surface area contributed by atoms with Gasteiger partial charge in [-0.05, 0) is 75.8 Å². The molecule has 0 amide bonds. The van der Waals surface area contributed by atoms with Crippen molar-refractivity contribution in [1.82, 2.24) is 0 Å². The predicted molar refractivity (Wildman–Crippen MR) is 205 cm³/mol. The first-order valence-electron chi connectivity index (χ1n) is 21.5. The van der Waals surface area contributed by atoms with Crippen LogP contribution in [-0.4, -0.2) is 179 Å². The molecule has 3 aliphatic heterocycles. The minimum absolute atomic E-state index is 0.0330. The fourth-order valence-corrected chi connectivity index (χ4v) is 12.1. The summed E-state index contributed by atoms with van der Waals surface area (Å²) in [6.45, 7) is 4.15. The number of aliphatic hydroxyl groups is 11. The van der Waals surface area contributed by atoms with E-state index in [1.165, 1.54) is 12.3 Å². The molecule has 1 aromatic heterocycles. The van der Waals surface area contributed by atoms with E-state index in [0.29, 0.717) is 51.4 Å². The van der Waals surface area contributed by atoms with Crippen LogP contribution in [0.4, 0.5) is 0 Å². The van der Waals surface area contributed by atoms with Crippen LogP contribution in [0.25, 0.3) is 0 Å². The van der Waals surface area contributed by atoms with Crippen LogP contribution in [0.15, 0.2) is 39.3 Å². The molecule has 0 radical (unpaired) electrons. The van der Waals surface area contributed by atoms with E-state index in [4.69, 9.17) is 32.8 Å². The van der Waals surface area contributed by atoms with Gasteiger partial charge in [0, 0.05) is 22.8 Å². The quantitative estimate of drug-likeness (QED) is 0.117. The number of ether oxygens (including phenoxy) is 6. The average Bonchev–Trinajstić information content (AvgIpc) is 3.51. The minimum atomic E-state index is -1.88. The van der Waals surface area contributed by atoms with E-state index in [0.717, 1.165) is 11.1 Å². The summed E-state index contributed by atoms with van der Waals surface area (Å²) < 4.78 is 40.1. The van der Waals surface area contributed by atoms with Gasteiger partial charge in [-0.1, -0.05) is 25.5 Å². The lowest BCUT2D eigenvalue weighted by Crippen LogP contribution is -2.69. The Labute approximate surface area is 352 Å². The van der Waals surface area contributed by atoms with Crippen molar-refractivity contribution >= 4 is 0 Å². The van der Waals surface area contributed by atoms with Gasteiger partial charge in [0.25, 0.3) is 0 Å². The zero-order valence-electron chi connectivity index (χ0n) is 34.5. The molecule has 4 aliphatic carbocycles. The normalized spacial score (nSPS) is 52.5. The van der Waals surface area contributed by atoms with E-state index in [-0.39, 0.29) is 5.92 Å². The number of fused-ring (bicyclic) bond motifs is 5. The molecule has 344 valence electrons. The fraction of sp³-hybridized carbons (Fsp3) is 0.833. The maximum atomic E-state index is 12.7. The summed E-state index contributed by atoms with van der Waals surface area (Å²) in [5, 5.41) is 120. The highest BCUT2D eigenvalue weighted by Crippen LogP contribution is 2.71. The van der Waals surface area contributed by atoms with Crippen molar-refractivity contribution in [2.24, 2.45) is 16.7 Å². The Bertz CT molecular complexity index is 1790. The molecule has 19 heteroatoms. The van der Waals surface area contributed by atoms with E-state index in [1.807, 2.05) is 6.08 Å². The molecule has 8 rings (SSSR count). The Hall–Kier alpha value is -1.99. The van der Waals surface area contributed by atoms with Gasteiger partial charge in [-0.25, -0.2) is 4.79 Å². The second-order valence-corrected chi connectivity index (χ2v) is 18.9. The average molecular weight is 871 g/mol. The molecule has 4 heterocycles. The molecular formula is C42H62O19. The van der Waals surface area contributed by atoms with Crippen LogP contribution < -0.4 is 5.63 Å². The van der Waals surface area contributed by atoms with Crippen LogP contribution >= 0.6 is 0 Å². The lowest BCUT2D eigenvalue weighted by molar-refractivity contribution is -0.378. The van der Waals surface area contributed by atoms with Crippen LogP contribution in [0.3, 0.4) is 0 Å². The van der Waals surface area contributed by atoms with Crippen LogP contribution in [-0.2, 0) is 28.4 Å². The second kappa shape index (κ2) is 16.8. The Balaban J connectivity index is 0.902. The van der Waals surface area contributed by atoms with E-state index in [9.17, 15) is 61.0 Å². The van der Waals surface area contributed by atoms with E-state index in [1.54, 1.807) is 13.0 Å². The SMILES string of the molecule is C[C@@H]1O[C@@H](O[C@@H]2C=C3CC[C@@H]4[C@](O)(CC[C@]5(C)[C@@H](c6ccc(=O)oc6)CC[C@]45O)[C@@]3(C)CC2)[C@H](O)[C@H](O)[C@H]1O[C@@H]1O[C@H](CO)[C@@H](O[C@@H]2O[C@H](CO)[C@@H](O)[C@H](O)[C@H]2O)[C@H](O)[C@H]1O. The van der Waals surface area contributed by atoms with Crippen molar-refractivity contribution in [3.8, 4) is 0 Å². The Morgan fingerprint density at radius 2 is 1.30 bits per heavy atom. The van der Waals surface area contributed by atoms with E-state index >= 15 is 0 Å². The predicted octanol–water partition coefficient (Wildman–Crippen LogP) is -2.22. The van der Waals surface area contributed by atoms with Gasteiger partial charge in [0.1, 0.15) is 67.1 Å². The molecule has 11 N–H and O–H groups in total. The smallest absolute Gasteiger partial charge is 0.335 e. The first-order chi connectivity index (χ1) is 28.8. The number of hydrogen-bond donors (Lipinski definition) is 11. The standard InChI is InChI=1S/C42H62O19/c1-18-34(60-38-33(52)30(49)35(24(16-44)59-38)61-37-31(50)28(47)27(46)23(15-43)58-37)29(48)32(51)36(56-18)57-21-8-10-39(2)20(14-21)5-6-25-41(53)11-9-22(19-4-7-26(45)55-17-19)40(41,3)12-13-42(25,39)54/h4,7,14,17-18,21-25,27-38,43-44,46-54H,5-6,8-13,15-16H2,1-3H3/t18-,21-,22+,23+,24+,25-,27+,28-,29-,30+,31+,32+,33+,34-,35+,36-,37-,38-,39-,40+,41-,42+/m0/s1. The topological polar surface area (TPSA) is 308 Å². The third-order valence-corrected chi connectivity index (χ3v) is 15.9. The van der Waals surface area contributed by atoms with Gasteiger partial charge in [0.2, 0.25) is 0 Å². The van der Waals surface area contributed by atoms with Crippen molar-refractivity contribution in [3.05, 3.63) is 46.0 Å². The van der Waals surface area contributed by atoms with Crippen LogP contribution in [0.1, 0.15) is 83.6 Å². The molecule has 6 fully saturated rings. The molecule has 0 unspecified atom stereocenters. The Morgan fingerprint density at radius 1 is 0.672 bits per heavy atom. The van der Waals surface area contributed by atoms with Gasteiger partial charge in [0.15, 0.2) is 18.9 Å². The Kier molecular flexibility index (Phi) is 12.5. The largest absolute Gasteiger partial charge is 0.431 e. The number of hydrogen-bond acceptors (Lipinski definition) is 19. The summed E-state index contributed by atoms with van der Waals surface area (Å²) in [5.41, 5.74) is -2.12. The highest BCUT2D eigenvalue weighted by Gasteiger charge is 2.72. The Morgan fingerprint density at radius 3 is 1.95 bits per heavy atom. The van der Waals surface area contributed by atoms with Gasteiger partial charge in [-0.3, -0.25) is 0 Å². The summed E-state index contributed by atoms with van der Waals surface area (Å²) in [7, 11) is 0. The first-order valence-corrected chi connectivity index (χ1v) is 21.5. The molecule has 22 atom stereocenters. The van der Waals surface area contributed by atoms with E-state index in [2.05, 4.69) is 13.8 Å². The molecule has 0 spiro atoms. The molecule has 0 aromatic carbocycles. The number of aliphatic hydroxyl groups excluding tert-OH is 9. The summed E-state index contributed by atoms with van der Waals surface area (Å²) in [6.07, 6.45) is -16.4. The van der Waals surface area contributed by atoms with Crippen LogP contribution in [0.2, 0.25) is 0 Å². The molecule has 1 aromatic rings. The molecule has 61 heavy (non-hydrogen) atoms. The van der Waals surface area contributed by atoms with Gasteiger partial charge in [-0.15, -0.1) is 0 Å². The lowest BCUT2D eigenvalue weighted by atomic mass is 9.43. The van der Waals surface area contributed by atoms with Crippen molar-refractivity contribution in [1.29, 1.82) is 0 Å². The maximum Gasteiger partial charge on any atom is 0.335 e. The third-order valence-electron chi connectivity index (χ3n) is 15.9. The van der Waals surface area contributed by atoms with Crippen molar-refractivity contribution < 1.29 is 89.0 Å². The third kappa shape index (κ3) is 7.29. The van der Waals surface area contributed by atoms with Crippen LogP contribution in [0, 0.1) is 16.7 Å². The van der Waals surface area contributed by atoms with Crippen molar-refractivity contribution in [3.63, 3.8) is 0 Å². The number of rotatable bonds is 9.